The van der Waals surface area contributed by atoms with Gasteiger partial charge in [0.1, 0.15) is 11.6 Å². The Labute approximate surface area is 146 Å². The molecule has 1 fully saturated rings. The normalized spacial score (nSPS) is 16.5. The molecule has 7 heteroatoms. The lowest BCUT2D eigenvalue weighted by atomic mass is 9.98. The Hall–Kier alpha value is -2.25. The van der Waals surface area contributed by atoms with E-state index in [0.29, 0.717) is 12.8 Å². The SMILES string of the molecule is O=C(Oc1cccc(F)c1)C1CCN(S(=O)(=O)c2ccccc2)CC1. The average molecular weight is 363 g/mol. The van der Waals surface area contributed by atoms with Crippen LogP contribution in [0, 0.1) is 11.7 Å². The zero-order valence-corrected chi connectivity index (χ0v) is 14.3. The van der Waals surface area contributed by atoms with Crippen molar-refractivity contribution in [3.8, 4) is 5.75 Å². The van der Waals surface area contributed by atoms with Crippen LogP contribution in [-0.2, 0) is 14.8 Å². The van der Waals surface area contributed by atoms with Crippen LogP contribution >= 0.6 is 0 Å². The van der Waals surface area contributed by atoms with Crippen molar-refractivity contribution >= 4 is 16.0 Å². The van der Waals surface area contributed by atoms with Crippen molar-refractivity contribution in [1.82, 2.24) is 4.31 Å². The lowest BCUT2D eigenvalue weighted by Crippen LogP contribution is -2.41. The second-order valence-electron chi connectivity index (χ2n) is 5.87. The Bertz CT molecular complexity index is 846. The van der Waals surface area contributed by atoms with E-state index in [9.17, 15) is 17.6 Å². The molecule has 1 aliphatic rings. The first kappa shape index (κ1) is 17.6. The molecule has 0 atom stereocenters. The van der Waals surface area contributed by atoms with E-state index in [2.05, 4.69) is 0 Å². The minimum atomic E-state index is -3.54. The third-order valence-corrected chi connectivity index (χ3v) is 6.10. The van der Waals surface area contributed by atoms with Crippen LogP contribution in [-0.4, -0.2) is 31.8 Å². The van der Waals surface area contributed by atoms with Gasteiger partial charge in [0.2, 0.25) is 10.0 Å². The fourth-order valence-corrected chi connectivity index (χ4v) is 4.29. The number of esters is 1. The predicted octanol–water partition coefficient (Wildman–Crippen LogP) is 2.83. The minimum absolute atomic E-state index is 0.157. The van der Waals surface area contributed by atoms with Crippen LogP contribution in [0.25, 0.3) is 0 Å². The Balaban J connectivity index is 1.61. The summed E-state index contributed by atoms with van der Waals surface area (Å²) in [5.74, 6) is -1.17. The molecule has 0 bridgehead atoms. The van der Waals surface area contributed by atoms with Gasteiger partial charge in [-0.05, 0) is 37.1 Å². The lowest BCUT2D eigenvalue weighted by Gasteiger charge is -2.30. The predicted molar refractivity (Wildman–Crippen MR) is 90.0 cm³/mol. The monoisotopic (exact) mass is 363 g/mol. The number of halogens is 1. The van der Waals surface area contributed by atoms with Gasteiger partial charge in [-0.1, -0.05) is 24.3 Å². The van der Waals surface area contributed by atoms with E-state index in [4.69, 9.17) is 4.74 Å². The van der Waals surface area contributed by atoms with Crippen LogP contribution in [0.5, 0.6) is 5.75 Å². The van der Waals surface area contributed by atoms with Crippen molar-refractivity contribution in [3.63, 3.8) is 0 Å². The molecule has 0 saturated carbocycles. The largest absolute Gasteiger partial charge is 0.426 e. The number of piperidine rings is 1. The Morgan fingerprint density at radius 1 is 1.04 bits per heavy atom. The maximum absolute atomic E-state index is 13.1. The summed E-state index contributed by atoms with van der Waals surface area (Å²) >= 11 is 0. The van der Waals surface area contributed by atoms with Gasteiger partial charge in [0, 0.05) is 19.2 Å². The molecule has 0 unspecified atom stereocenters. The van der Waals surface area contributed by atoms with Crippen LogP contribution in [0.1, 0.15) is 12.8 Å². The summed E-state index contributed by atoms with van der Waals surface area (Å²) < 4.78 is 44.8. The summed E-state index contributed by atoms with van der Waals surface area (Å²) in [6.45, 7) is 0.500. The van der Waals surface area contributed by atoms with Crippen LogP contribution < -0.4 is 4.74 Å². The highest BCUT2D eigenvalue weighted by Gasteiger charge is 2.32. The molecular weight excluding hydrogens is 345 g/mol. The third kappa shape index (κ3) is 4.05. The van der Waals surface area contributed by atoms with Crippen molar-refractivity contribution in [3.05, 3.63) is 60.4 Å². The molecule has 132 valence electrons. The van der Waals surface area contributed by atoms with Gasteiger partial charge in [0.05, 0.1) is 10.8 Å². The lowest BCUT2D eigenvalue weighted by molar-refractivity contribution is -0.140. The molecule has 0 spiro atoms. The highest BCUT2D eigenvalue weighted by molar-refractivity contribution is 7.89. The zero-order chi connectivity index (χ0) is 17.9. The molecule has 1 aliphatic heterocycles. The zero-order valence-electron chi connectivity index (χ0n) is 13.5. The molecule has 0 amide bonds. The highest BCUT2D eigenvalue weighted by Crippen LogP contribution is 2.25. The summed E-state index contributed by atoms with van der Waals surface area (Å²) in [5, 5.41) is 0. The molecule has 0 aromatic heterocycles. The molecule has 1 saturated heterocycles. The molecule has 1 heterocycles. The Morgan fingerprint density at radius 2 is 1.72 bits per heavy atom. The number of carbonyl (C=O) groups is 1. The molecule has 25 heavy (non-hydrogen) atoms. The number of sulfonamides is 1. The maximum atomic E-state index is 13.1. The first-order valence-electron chi connectivity index (χ1n) is 7.99. The number of hydrogen-bond acceptors (Lipinski definition) is 4. The summed E-state index contributed by atoms with van der Waals surface area (Å²) in [5.41, 5.74) is 0. The van der Waals surface area contributed by atoms with Gasteiger partial charge in [-0.25, -0.2) is 12.8 Å². The van der Waals surface area contributed by atoms with Crippen molar-refractivity contribution in [2.24, 2.45) is 5.92 Å². The summed E-state index contributed by atoms with van der Waals surface area (Å²) in [6, 6.07) is 13.6. The summed E-state index contributed by atoms with van der Waals surface area (Å²) in [6.07, 6.45) is 0.750. The topological polar surface area (TPSA) is 63.7 Å². The van der Waals surface area contributed by atoms with Gasteiger partial charge < -0.3 is 4.74 Å². The van der Waals surface area contributed by atoms with Crippen molar-refractivity contribution in [2.45, 2.75) is 17.7 Å². The second kappa shape index (κ2) is 7.33. The number of nitrogens with zero attached hydrogens (tertiary/aromatic N) is 1. The van der Waals surface area contributed by atoms with Gasteiger partial charge in [-0.15, -0.1) is 0 Å². The molecule has 5 nitrogen and oxygen atoms in total. The maximum Gasteiger partial charge on any atom is 0.314 e. The molecule has 2 aromatic carbocycles. The minimum Gasteiger partial charge on any atom is -0.426 e. The average Bonchev–Trinajstić information content (AvgIpc) is 2.62. The fourth-order valence-electron chi connectivity index (χ4n) is 2.80. The van der Waals surface area contributed by atoms with Gasteiger partial charge in [0.15, 0.2) is 0 Å². The standard InChI is InChI=1S/C18H18FNO4S/c19-15-5-4-6-16(13-15)24-18(21)14-9-11-20(12-10-14)25(22,23)17-7-2-1-3-8-17/h1-8,13-14H,9-12H2. The summed E-state index contributed by atoms with van der Waals surface area (Å²) in [4.78, 5) is 12.4. The fraction of sp³-hybridized carbons (Fsp3) is 0.278. The Morgan fingerprint density at radius 3 is 2.36 bits per heavy atom. The van der Waals surface area contributed by atoms with Crippen molar-refractivity contribution < 1.29 is 22.3 Å². The molecule has 0 aliphatic carbocycles. The number of ether oxygens (including phenoxy) is 1. The number of rotatable bonds is 4. The first-order valence-corrected chi connectivity index (χ1v) is 9.43. The third-order valence-electron chi connectivity index (χ3n) is 4.18. The quantitative estimate of drug-likeness (QED) is 0.619. The smallest absolute Gasteiger partial charge is 0.314 e. The van der Waals surface area contributed by atoms with Crippen LogP contribution in [0.4, 0.5) is 4.39 Å². The van der Waals surface area contributed by atoms with Gasteiger partial charge in [0.25, 0.3) is 0 Å². The molecule has 2 aromatic rings. The first-order chi connectivity index (χ1) is 12.0. The van der Waals surface area contributed by atoms with Crippen LogP contribution in [0.3, 0.4) is 0 Å². The van der Waals surface area contributed by atoms with Crippen LogP contribution in [0.15, 0.2) is 59.5 Å². The van der Waals surface area contributed by atoms with E-state index >= 15 is 0 Å². The van der Waals surface area contributed by atoms with Gasteiger partial charge in [-0.2, -0.15) is 4.31 Å². The second-order valence-corrected chi connectivity index (χ2v) is 7.81. The highest BCUT2D eigenvalue weighted by atomic mass is 32.2. The van der Waals surface area contributed by atoms with E-state index in [1.807, 2.05) is 0 Å². The molecular formula is C18H18FNO4S. The van der Waals surface area contributed by atoms with Crippen LogP contribution in [0.2, 0.25) is 0 Å². The number of benzene rings is 2. The van der Waals surface area contributed by atoms with Gasteiger partial charge >= 0.3 is 5.97 Å². The molecule has 0 radical (unpaired) electrons. The Kier molecular flexibility index (Phi) is 5.15. The van der Waals surface area contributed by atoms with E-state index in [1.165, 1.54) is 22.5 Å². The summed E-state index contributed by atoms with van der Waals surface area (Å²) in [7, 11) is -3.54. The molecule has 3 rings (SSSR count). The van der Waals surface area contributed by atoms with E-state index in [1.54, 1.807) is 30.3 Å². The van der Waals surface area contributed by atoms with Crippen molar-refractivity contribution in [1.29, 1.82) is 0 Å². The van der Waals surface area contributed by atoms with E-state index in [0.717, 1.165) is 6.07 Å². The number of hydrogen-bond donors (Lipinski definition) is 0. The van der Waals surface area contributed by atoms with E-state index < -0.39 is 27.7 Å². The molecule has 0 N–H and O–H groups in total. The van der Waals surface area contributed by atoms with E-state index in [-0.39, 0.29) is 23.7 Å². The van der Waals surface area contributed by atoms with Crippen molar-refractivity contribution in [2.75, 3.05) is 13.1 Å². The number of carbonyl (C=O) groups excluding carboxylic acids is 1. The van der Waals surface area contributed by atoms with Gasteiger partial charge in [-0.3, -0.25) is 4.79 Å².